The molecule has 2 aliphatic rings. The highest BCUT2D eigenvalue weighted by Gasteiger charge is 2.36. The smallest absolute Gasteiger partial charge is 0.0502 e. The molecular weight excluding hydrogens is 238 g/mol. The molecule has 0 amide bonds. The molecule has 1 saturated carbocycles. The van der Waals surface area contributed by atoms with Gasteiger partial charge in [0.15, 0.2) is 0 Å². The summed E-state index contributed by atoms with van der Waals surface area (Å²) >= 11 is 0. The third-order valence-electron chi connectivity index (χ3n) is 5.09. The molecule has 3 atom stereocenters. The van der Waals surface area contributed by atoms with E-state index in [0.29, 0.717) is 12.5 Å². The van der Waals surface area contributed by atoms with Crippen molar-refractivity contribution in [2.45, 2.75) is 45.4 Å². The van der Waals surface area contributed by atoms with Gasteiger partial charge < -0.3 is 14.7 Å². The average molecular weight is 269 g/mol. The van der Waals surface area contributed by atoms with E-state index in [1.165, 1.54) is 45.1 Å². The summed E-state index contributed by atoms with van der Waals surface area (Å²) in [6, 6.07) is 0. The largest absolute Gasteiger partial charge is 0.396 e. The summed E-state index contributed by atoms with van der Waals surface area (Å²) in [6.07, 6.45) is 7.62. The van der Waals surface area contributed by atoms with Gasteiger partial charge in [-0.3, -0.25) is 0 Å². The van der Waals surface area contributed by atoms with Gasteiger partial charge >= 0.3 is 0 Å². The highest BCUT2D eigenvalue weighted by atomic mass is 16.5. The van der Waals surface area contributed by atoms with Crippen molar-refractivity contribution in [3.05, 3.63) is 0 Å². The SMILES string of the molecule is COCC1CCCN(CC2(CO)CCCC(C)C2)C1. The zero-order chi connectivity index (χ0) is 13.7. The quantitative estimate of drug-likeness (QED) is 0.832. The Labute approximate surface area is 118 Å². The molecule has 19 heavy (non-hydrogen) atoms. The van der Waals surface area contributed by atoms with Crippen LogP contribution in [0.3, 0.4) is 0 Å². The molecule has 2 rings (SSSR count). The van der Waals surface area contributed by atoms with Crippen LogP contribution in [0.5, 0.6) is 0 Å². The lowest BCUT2D eigenvalue weighted by Crippen LogP contribution is -2.47. The van der Waals surface area contributed by atoms with Crippen LogP contribution in [0.25, 0.3) is 0 Å². The van der Waals surface area contributed by atoms with Crippen LogP contribution < -0.4 is 0 Å². The number of likely N-dealkylation sites (tertiary alicyclic amines) is 1. The summed E-state index contributed by atoms with van der Waals surface area (Å²) in [7, 11) is 1.80. The number of hydrogen-bond acceptors (Lipinski definition) is 3. The number of methoxy groups -OCH3 is 1. The molecular formula is C16H31NO2. The van der Waals surface area contributed by atoms with Gasteiger partial charge in [-0.25, -0.2) is 0 Å². The summed E-state index contributed by atoms with van der Waals surface area (Å²) < 4.78 is 5.31. The van der Waals surface area contributed by atoms with Crippen molar-refractivity contribution in [3.8, 4) is 0 Å². The number of aliphatic hydroxyl groups excluding tert-OH is 1. The molecule has 0 bridgehead atoms. The van der Waals surface area contributed by atoms with E-state index >= 15 is 0 Å². The van der Waals surface area contributed by atoms with Gasteiger partial charge in [0.05, 0.1) is 6.61 Å². The first kappa shape index (κ1) is 15.3. The second kappa shape index (κ2) is 7.05. The van der Waals surface area contributed by atoms with Crippen molar-refractivity contribution in [1.29, 1.82) is 0 Å². The zero-order valence-electron chi connectivity index (χ0n) is 12.7. The first-order valence-electron chi connectivity index (χ1n) is 7.99. The minimum atomic E-state index is 0.173. The Balaban J connectivity index is 1.90. The highest BCUT2D eigenvalue weighted by Crippen LogP contribution is 2.40. The zero-order valence-corrected chi connectivity index (χ0v) is 12.7. The Hall–Kier alpha value is -0.120. The van der Waals surface area contributed by atoms with Crippen LogP contribution in [0.1, 0.15) is 45.4 Å². The number of ether oxygens (including phenoxy) is 1. The summed E-state index contributed by atoms with van der Waals surface area (Å²) in [5.74, 6) is 1.47. The number of nitrogens with zero attached hydrogens (tertiary/aromatic N) is 1. The molecule has 112 valence electrons. The van der Waals surface area contributed by atoms with E-state index in [9.17, 15) is 5.11 Å². The van der Waals surface area contributed by atoms with Crippen LogP contribution in [0.15, 0.2) is 0 Å². The minimum absolute atomic E-state index is 0.173. The summed E-state index contributed by atoms with van der Waals surface area (Å²) in [6.45, 7) is 7.05. The topological polar surface area (TPSA) is 32.7 Å². The highest BCUT2D eigenvalue weighted by molar-refractivity contribution is 4.89. The molecule has 3 unspecified atom stereocenters. The van der Waals surface area contributed by atoms with E-state index in [4.69, 9.17) is 4.74 Å². The number of aliphatic hydroxyl groups is 1. The van der Waals surface area contributed by atoms with Crippen LogP contribution in [-0.4, -0.2) is 50.0 Å². The van der Waals surface area contributed by atoms with E-state index in [1.807, 2.05) is 0 Å². The molecule has 1 saturated heterocycles. The third-order valence-corrected chi connectivity index (χ3v) is 5.09. The Kier molecular flexibility index (Phi) is 5.67. The normalized spacial score (nSPS) is 37.4. The summed E-state index contributed by atoms with van der Waals surface area (Å²) in [5.41, 5.74) is 0.173. The van der Waals surface area contributed by atoms with E-state index in [-0.39, 0.29) is 5.41 Å². The first-order valence-corrected chi connectivity index (χ1v) is 7.99. The fourth-order valence-electron chi connectivity index (χ4n) is 4.25. The molecule has 1 aliphatic carbocycles. The van der Waals surface area contributed by atoms with Crippen LogP contribution in [0, 0.1) is 17.3 Å². The van der Waals surface area contributed by atoms with E-state index in [0.717, 1.165) is 25.6 Å². The predicted molar refractivity (Wildman–Crippen MR) is 78.2 cm³/mol. The maximum absolute atomic E-state index is 9.91. The van der Waals surface area contributed by atoms with Gasteiger partial charge in [-0.05, 0) is 44.1 Å². The van der Waals surface area contributed by atoms with Gasteiger partial charge in [0, 0.05) is 32.2 Å². The van der Waals surface area contributed by atoms with Crippen LogP contribution in [0.4, 0.5) is 0 Å². The summed E-state index contributed by atoms with van der Waals surface area (Å²) in [4.78, 5) is 2.58. The Morgan fingerprint density at radius 3 is 2.84 bits per heavy atom. The number of rotatable bonds is 5. The Morgan fingerprint density at radius 1 is 1.32 bits per heavy atom. The van der Waals surface area contributed by atoms with Crippen molar-refractivity contribution < 1.29 is 9.84 Å². The number of hydrogen-bond donors (Lipinski definition) is 1. The average Bonchev–Trinajstić information content (AvgIpc) is 2.39. The summed E-state index contributed by atoms with van der Waals surface area (Å²) in [5, 5.41) is 9.91. The standard InChI is InChI=1S/C16H31NO2/c1-14-5-3-7-16(9-14,13-18)12-17-8-4-6-15(10-17)11-19-2/h14-15,18H,3-13H2,1-2H3. The van der Waals surface area contributed by atoms with Crippen LogP contribution >= 0.6 is 0 Å². The maximum Gasteiger partial charge on any atom is 0.0502 e. The second-order valence-corrected chi connectivity index (χ2v) is 7.06. The van der Waals surface area contributed by atoms with Crippen molar-refractivity contribution in [1.82, 2.24) is 4.90 Å². The van der Waals surface area contributed by atoms with Gasteiger partial charge in [-0.2, -0.15) is 0 Å². The molecule has 3 heteroatoms. The minimum Gasteiger partial charge on any atom is -0.396 e. The van der Waals surface area contributed by atoms with Gasteiger partial charge in [0.2, 0.25) is 0 Å². The molecule has 0 aromatic heterocycles. The van der Waals surface area contributed by atoms with Crippen LogP contribution in [-0.2, 0) is 4.74 Å². The molecule has 1 aliphatic heterocycles. The fraction of sp³-hybridized carbons (Fsp3) is 1.00. The lowest BCUT2D eigenvalue weighted by molar-refractivity contribution is 0.00363. The van der Waals surface area contributed by atoms with Crippen molar-refractivity contribution in [2.24, 2.45) is 17.3 Å². The molecule has 0 spiro atoms. The molecule has 3 nitrogen and oxygen atoms in total. The van der Waals surface area contributed by atoms with E-state index < -0.39 is 0 Å². The molecule has 1 heterocycles. The maximum atomic E-state index is 9.91. The van der Waals surface area contributed by atoms with Gasteiger partial charge in [-0.15, -0.1) is 0 Å². The van der Waals surface area contributed by atoms with Crippen molar-refractivity contribution >= 4 is 0 Å². The molecule has 0 aromatic carbocycles. The van der Waals surface area contributed by atoms with Gasteiger partial charge in [0.1, 0.15) is 0 Å². The third kappa shape index (κ3) is 4.17. The predicted octanol–water partition coefficient (Wildman–Crippen LogP) is 2.53. The van der Waals surface area contributed by atoms with Gasteiger partial charge in [-0.1, -0.05) is 19.8 Å². The lowest BCUT2D eigenvalue weighted by Gasteiger charge is -2.44. The second-order valence-electron chi connectivity index (χ2n) is 7.06. The molecule has 0 radical (unpaired) electrons. The van der Waals surface area contributed by atoms with Crippen molar-refractivity contribution in [3.63, 3.8) is 0 Å². The Bertz CT molecular complexity index is 269. The monoisotopic (exact) mass is 269 g/mol. The van der Waals surface area contributed by atoms with E-state index in [1.54, 1.807) is 7.11 Å². The molecule has 2 fully saturated rings. The molecule has 1 N–H and O–H groups in total. The Morgan fingerprint density at radius 2 is 2.16 bits per heavy atom. The van der Waals surface area contributed by atoms with E-state index in [2.05, 4.69) is 11.8 Å². The first-order chi connectivity index (χ1) is 9.17. The fourth-order valence-corrected chi connectivity index (χ4v) is 4.25. The number of piperidine rings is 1. The van der Waals surface area contributed by atoms with Gasteiger partial charge in [0.25, 0.3) is 0 Å². The molecule has 0 aromatic rings. The van der Waals surface area contributed by atoms with Crippen molar-refractivity contribution in [2.75, 3.05) is 40.0 Å². The lowest BCUT2D eigenvalue weighted by atomic mass is 9.70. The van der Waals surface area contributed by atoms with Crippen LogP contribution in [0.2, 0.25) is 0 Å².